The van der Waals surface area contributed by atoms with Crippen LogP contribution in [0.25, 0.3) is 6.08 Å². The van der Waals surface area contributed by atoms with Crippen molar-refractivity contribution in [3.05, 3.63) is 58.7 Å². The Morgan fingerprint density at radius 1 is 1.07 bits per heavy atom. The maximum absolute atomic E-state index is 12.5. The van der Waals surface area contributed by atoms with Gasteiger partial charge in [0.15, 0.2) is 18.1 Å². The molecule has 0 bridgehead atoms. The molecule has 6 heteroatoms. The summed E-state index contributed by atoms with van der Waals surface area (Å²) < 4.78 is 10.8. The van der Waals surface area contributed by atoms with E-state index < -0.39 is 5.91 Å². The Hall–Kier alpha value is -3.77. The van der Waals surface area contributed by atoms with Gasteiger partial charge in [-0.25, -0.2) is 0 Å². The molecule has 0 fully saturated rings. The molecule has 6 nitrogen and oxygen atoms in total. The maximum Gasteiger partial charge on any atom is 0.266 e. The number of hydrogen-bond donors (Lipinski definition) is 1. The molecule has 1 amide bonds. The summed E-state index contributed by atoms with van der Waals surface area (Å²) in [7, 11) is 0. The first-order chi connectivity index (χ1) is 13.5. The molecule has 0 spiro atoms. The molecule has 0 saturated carbocycles. The molecule has 0 aliphatic carbocycles. The summed E-state index contributed by atoms with van der Waals surface area (Å²) in [5.74, 6) is 0.380. The van der Waals surface area contributed by atoms with E-state index in [4.69, 9.17) is 14.7 Å². The lowest BCUT2D eigenvalue weighted by atomic mass is 10.1. The molecule has 142 valence electrons. The van der Waals surface area contributed by atoms with Crippen LogP contribution >= 0.6 is 0 Å². The van der Waals surface area contributed by atoms with Gasteiger partial charge in [-0.2, -0.15) is 10.5 Å². The molecular weight excluding hydrogens is 354 g/mol. The SMILES string of the molecule is CCOc1cc(/C=C(\C#N)C(=O)Nc2ccc(C)c(C)c2)ccc1OCC#N. The van der Waals surface area contributed by atoms with Crippen molar-refractivity contribution in [2.75, 3.05) is 18.5 Å². The fourth-order valence-electron chi connectivity index (χ4n) is 2.44. The molecule has 0 atom stereocenters. The zero-order valence-corrected chi connectivity index (χ0v) is 16.1. The highest BCUT2D eigenvalue weighted by Crippen LogP contribution is 2.29. The third-order valence-corrected chi connectivity index (χ3v) is 4.00. The molecule has 2 rings (SSSR count). The van der Waals surface area contributed by atoms with Gasteiger partial charge in [0.1, 0.15) is 17.7 Å². The van der Waals surface area contributed by atoms with Gasteiger partial charge in [0, 0.05) is 5.69 Å². The maximum atomic E-state index is 12.5. The summed E-state index contributed by atoms with van der Waals surface area (Å²) in [6.45, 7) is 6.08. The first-order valence-electron chi connectivity index (χ1n) is 8.75. The fraction of sp³-hybridized carbons (Fsp3) is 0.227. The predicted molar refractivity (Wildman–Crippen MR) is 107 cm³/mol. The summed E-state index contributed by atoms with van der Waals surface area (Å²) >= 11 is 0. The van der Waals surface area contributed by atoms with Gasteiger partial charge in [0.25, 0.3) is 5.91 Å². The lowest BCUT2D eigenvalue weighted by Crippen LogP contribution is -2.13. The second-order valence-corrected chi connectivity index (χ2v) is 6.01. The number of amides is 1. The summed E-state index contributed by atoms with van der Waals surface area (Å²) in [6, 6.07) is 14.4. The van der Waals surface area contributed by atoms with E-state index in [-0.39, 0.29) is 12.2 Å². The van der Waals surface area contributed by atoms with Crippen molar-refractivity contribution in [2.24, 2.45) is 0 Å². The Labute approximate surface area is 164 Å². The number of nitrogens with one attached hydrogen (secondary N) is 1. The molecule has 2 aromatic rings. The molecule has 0 heterocycles. The number of carbonyl (C=O) groups excluding carboxylic acids is 1. The highest BCUT2D eigenvalue weighted by atomic mass is 16.5. The van der Waals surface area contributed by atoms with Crippen molar-refractivity contribution < 1.29 is 14.3 Å². The summed E-state index contributed by atoms with van der Waals surface area (Å²) in [6.07, 6.45) is 1.48. The summed E-state index contributed by atoms with van der Waals surface area (Å²) in [5.41, 5.74) is 3.38. The van der Waals surface area contributed by atoms with Crippen LogP contribution in [-0.2, 0) is 4.79 Å². The first-order valence-corrected chi connectivity index (χ1v) is 8.75. The van der Waals surface area contributed by atoms with Crippen molar-refractivity contribution >= 4 is 17.7 Å². The van der Waals surface area contributed by atoms with Gasteiger partial charge < -0.3 is 14.8 Å². The highest BCUT2D eigenvalue weighted by molar-refractivity contribution is 6.09. The number of hydrogen-bond acceptors (Lipinski definition) is 5. The second kappa shape index (κ2) is 9.80. The third-order valence-electron chi connectivity index (χ3n) is 4.00. The van der Waals surface area contributed by atoms with E-state index in [1.807, 2.05) is 45.0 Å². The molecule has 0 unspecified atom stereocenters. The van der Waals surface area contributed by atoms with Crippen LogP contribution in [0, 0.1) is 36.5 Å². The van der Waals surface area contributed by atoms with Gasteiger partial charge in [0.05, 0.1) is 6.61 Å². The molecule has 0 aromatic heterocycles. The summed E-state index contributed by atoms with van der Waals surface area (Å²) in [4.78, 5) is 12.5. The van der Waals surface area contributed by atoms with Crippen molar-refractivity contribution in [2.45, 2.75) is 20.8 Å². The Bertz CT molecular complexity index is 981. The number of rotatable bonds is 7. The minimum atomic E-state index is -0.492. The van der Waals surface area contributed by atoms with E-state index in [0.29, 0.717) is 29.4 Å². The molecule has 0 saturated heterocycles. The average Bonchev–Trinajstić information content (AvgIpc) is 2.68. The third kappa shape index (κ3) is 5.36. The molecular formula is C22H21N3O3. The fourth-order valence-corrected chi connectivity index (χ4v) is 2.44. The van der Waals surface area contributed by atoms with Crippen molar-refractivity contribution in [3.63, 3.8) is 0 Å². The van der Waals surface area contributed by atoms with Crippen LogP contribution in [0.5, 0.6) is 11.5 Å². The monoisotopic (exact) mass is 375 g/mol. The smallest absolute Gasteiger partial charge is 0.266 e. The van der Waals surface area contributed by atoms with Crippen LogP contribution in [0.3, 0.4) is 0 Å². The molecule has 1 N–H and O–H groups in total. The Balaban J connectivity index is 2.26. The molecule has 2 aromatic carbocycles. The summed E-state index contributed by atoms with van der Waals surface area (Å²) in [5, 5.41) is 20.8. The van der Waals surface area contributed by atoms with E-state index in [1.165, 1.54) is 6.08 Å². The minimum Gasteiger partial charge on any atom is -0.490 e. The van der Waals surface area contributed by atoms with Crippen LogP contribution in [0.2, 0.25) is 0 Å². The van der Waals surface area contributed by atoms with E-state index in [2.05, 4.69) is 5.32 Å². The van der Waals surface area contributed by atoms with Gasteiger partial charge >= 0.3 is 0 Å². The molecule has 28 heavy (non-hydrogen) atoms. The standard InChI is InChI=1S/C22H21N3O3/c1-4-27-21-13-17(6-8-20(21)28-10-9-23)12-18(14-24)22(26)25-19-7-5-15(2)16(3)11-19/h5-8,11-13H,4,10H2,1-3H3,(H,25,26)/b18-12+. The largest absolute Gasteiger partial charge is 0.490 e. The molecule has 0 aliphatic heterocycles. The Morgan fingerprint density at radius 2 is 1.86 bits per heavy atom. The van der Waals surface area contributed by atoms with E-state index in [9.17, 15) is 10.1 Å². The van der Waals surface area contributed by atoms with E-state index in [0.717, 1.165) is 11.1 Å². The van der Waals surface area contributed by atoms with Crippen LogP contribution in [-0.4, -0.2) is 19.1 Å². The average molecular weight is 375 g/mol. The van der Waals surface area contributed by atoms with Crippen LogP contribution < -0.4 is 14.8 Å². The first kappa shape index (κ1) is 20.5. The second-order valence-electron chi connectivity index (χ2n) is 6.01. The van der Waals surface area contributed by atoms with Crippen LogP contribution in [0.15, 0.2) is 42.0 Å². The number of anilines is 1. The number of nitrogens with zero attached hydrogens (tertiary/aromatic N) is 2. The van der Waals surface area contributed by atoms with Gasteiger partial charge in [0.2, 0.25) is 0 Å². The Kier molecular flexibility index (Phi) is 7.19. The highest BCUT2D eigenvalue weighted by Gasteiger charge is 2.12. The van der Waals surface area contributed by atoms with Crippen LogP contribution in [0.1, 0.15) is 23.6 Å². The topological polar surface area (TPSA) is 95.1 Å². The number of aryl methyl sites for hydroxylation is 2. The number of nitriles is 2. The zero-order chi connectivity index (χ0) is 20.5. The number of carbonyl (C=O) groups is 1. The normalized spacial score (nSPS) is 10.5. The van der Waals surface area contributed by atoms with Crippen LogP contribution in [0.4, 0.5) is 5.69 Å². The number of benzene rings is 2. The number of ether oxygens (including phenoxy) is 2. The quantitative estimate of drug-likeness (QED) is 0.579. The van der Waals surface area contributed by atoms with Gasteiger partial charge in [-0.15, -0.1) is 0 Å². The van der Waals surface area contributed by atoms with Crippen molar-refractivity contribution in [1.82, 2.24) is 0 Å². The Morgan fingerprint density at radius 3 is 2.50 bits per heavy atom. The molecule has 0 radical (unpaired) electrons. The van der Waals surface area contributed by atoms with Gasteiger partial charge in [-0.1, -0.05) is 12.1 Å². The van der Waals surface area contributed by atoms with Gasteiger partial charge in [-0.3, -0.25) is 4.79 Å². The zero-order valence-electron chi connectivity index (χ0n) is 16.1. The molecule has 0 aliphatic rings. The van der Waals surface area contributed by atoms with Crippen molar-refractivity contribution in [3.8, 4) is 23.6 Å². The van der Waals surface area contributed by atoms with E-state index >= 15 is 0 Å². The predicted octanol–water partition coefficient (Wildman–Crippen LogP) is 4.15. The van der Waals surface area contributed by atoms with E-state index in [1.54, 1.807) is 24.3 Å². The van der Waals surface area contributed by atoms with Gasteiger partial charge in [-0.05, 0) is 67.8 Å². The van der Waals surface area contributed by atoms with Crippen molar-refractivity contribution in [1.29, 1.82) is 10.5 Å². The lowest BCUT2D eigenvalue weighted by molar-refractivity contribution is -0.112. The lowest BCUT2D eigenvalue weighted by Gasteiger charge is -2.11. The minimum absolute atomic E-state index is 0.0358.